The minimum absolute atomic E-state index is 0.141. The lowest BCUT2D eigenvalue weighted by atomic mass is 10.0. The van der Waals surface area contributed by atoms with Gasteiger partial charge in [0, 0.05) is 15.6 Å². The van der Waals surface area contributed by atoms with Gasteiger partial charge < -0.3 is 14.8 Å². The van der Waals surface area contributed by atoms with Gasteiger partial charge in [0.2, 0.25) is 0 Å². The van der Waals surface area contributed by atoms with Gasteiger partial charge in [-0.05, 0) is 73.0 Å². The normalized spacial score (nSPS) is 14.2. The van der Waals surface area contributed by atoms with E-state index in [1.54, 1.807) is 42.5 Å². The summed E-state index contributed by atoms with van der Waals surface area (Å²) in [5.74, 6) is 0.644. The highest BCUT2D eigenvalue weighted by Crippen LogP contribution is 2.36. The van der Waals surface area contributed by atoms with E-state index >= 15 is 0 Å². The van der Waals surface area contributed by atoms with E-state index in [0.717, 1.165) is 16.0 Å². The Hall–Kier alpha value is -3.74. The smallest absolute Gasteiger partial charge is 0.333 e. The van der Waals surface area contributed by atoms with Gasteiger partial charge in [-0.25, -0.2) is 9.69 Å². The first kappa shape index (κ1) is 25.4. The lowest BCUT2D eigenvalue weighted by Gasteiger charge is -2.17. The van der Waals surface area contributed by atoms with Gasteiger partial charge in [-0.2, -0.15) is 0 Å². The van der Waals surface area contributed by atoms with E-state index in [0.29, 0.717) is 52.4 Å². The average Bonchev–Trinajstić information content (AvgIpc) is 3.12. The molecular weight excluding hydrogens is 499 g/mol. The molecule has 8 heteroatoms. The van der Waals surface area contributed by atoms with Gasteiger partial charge in [-0.1, -0.05) is 47.5 Å². The highest BCUT2D eigenvalue weighted by Gasteiger charge is 2.35. The number of nitrogens with one attached hydrogen (secondary N) is 1. The van der Waals surface area contributed by atoms with E-state index in [1.807, 2.05) is 37.3 Å². The molecule has 36 heavy (non-hydrogen) atoms. The third-order valence-corrected chi connectivity index (χ3v) is 5.86. The number of halogens is 2. The molecule has 184 valence electrons. The zero-order valence-corrected chi connectivity index (χ0v) is 21.1. The Morgan fingerprint density at radius 2 is 1.78 bits per heavy atom. The zero-order chi connectivity index (χ0) is 25.7. The zero-order valence-electron chi connectivity index (χ0n) is 19.6. The summed E-state index contributed by atoms with van der Waals surface area (Å²) in [5.41, 5.74) is 2.99. The van der Waals surface area contributed by atoms with Crippen molar-refractivity contribution in [1.82, 2.24) is 5.32 Å². The fraction of sp³-hybridized carbons (Fsp3) is 0.143. The first-order valence-corrected chi connectivity index (χ1v) is 12.1. The van der Waals surface area contributed by atoms with E-state index in [4.69, 9.17) is 32.7 Å². The second-order valence-electron chi connectivity index (χ2n) is 7.96. The van der Waals surface area contributed by atoms with Crippen LogP contribution in [0, 0.1) is 0 Å². The molecule has 1 N–H and O–H groups in total. The first-order chi connectivity index (χ1) is 17.4. The molecule has 0 aliphatic carbocycles. The Labute approximate surface area is 219 Å². The predicted octanol–water partition coefficient (Wildman–Crippen LogP) is 6.80. The molecule has 0 radical (unpaired) electrons. The highest BCUT2D eigenvalue weighted by atomic mass is 35.5. The number of amides is 3. The maximum Gasteiger partial charge on any atom is 0.333 e. The minimum Gasteiger partial charge on any atom is -0.490 e. The predicted molar refractivity (Wildman–Crippen MR) is 143 cm³/mol. The minimum atomic E-state index is -0.548. The molecule has 0 atom stereocenters. The number of anilines is 1. The average molecular weight is 523 g/mol. The summed E-state index contributed by atoms with van der Waals surface area (Å²) >= 11 is 12.0. The second kappa shape index (κ2) is 11.3. The van der Waals surface area contributed by atoms with Crippen molar-refractivity contribution in [2.75, 3.05) is 11.5 Å². The summed E-state index contributed by atoms with van der Waals surface area (Å²) < 4.78 is 12.0. The van der Waals surface area contributed by atoms with Gasteiger partial charge in [0.1, 0.15) is 12.3 Å². The number of nitrogens with zero attached hydrogens (tertiary/aromatic N) is 1. The fourth-order valence-corrected chi connectivity index (χ4v) is 4.10. The molecule has 1 heterocycles. The standard InChI is InChI=1S/C28H24Cl2N2O4/c1-3-6-20-13-19(14-24-27(33)32(28(34)31-24)23-8-5-7-22(30)16-23)15-25(35-4-2)26(20)36-17-18-9-11-21(29)12-10-18/h3,5,7-16H,1,4,6,17H2,2H3,(H,31,34)/b24-14+. The second-order valence-corrected chi connectivity index (χ2v) is 8.83. The van der Waals surface area contributed by atoms with Crippen LogP contribution < -0.4 is 19.7 Å². The molecule has 1 aliphatic rings. The number of ether oxygens (including phenoxy) is 2. The van der Waals surface area contributed by atoms with E-state index in [1.165, 1.54) is 0 Å². The van der Waals surface area contributed by atoms with Crippen LogP contribution in [-0.2, 0) is 17.8 Å². The van der Waals surface area contributed by atoms with Crippen LogP contribution in [0.1, 0.15) is 23.6 Å². The molecule has 6 nitrogen and oxygen atoms in total. The van der Waals surface area contributed by atoms with Gasteiger partial charge in [0.15, 0.2) is 11.5 Å². The van der Waals surface area contributed by atoms with Crippen LogP contribution in [0.15, 0.2) is 79.0 Å². The van der Waals surface area contributed by atoms with Crippen molar-refractivity contribution in [2.45, 2.75) is 20.0 Å². The molecule has 0 unspecified atom stereocenters. The largest absolute Gasteiger partial charge is 0.490 e. The lowest BCUT2D eigenvalue weighted by Crippen LogP contribution is -2.30. The Morgan fingerprint density at radius 3 is 2.47 bits per heavy atom. The number of imide groups is 1. The maximum atomic E-state index is 13.1. The molecule has 0 saturated carbocycles. The van der Waals surface area contributed by atoms with Gasteiger partial charge in [0.05, 0.1) is 12.3 Å². The molecule has 0 spiro atoms. The van der Waals surface area contributed by atoms with Crippen LogP contribution in [0.5, 0.6) is 11.5 Å². The van der Waals surface area contributed by atoms with Gasteiger partial charge in [0.25, 0.3) is 5.91 Å². The van der Waals surface area contributed by atoms with Crippen molar-refractivity contribution in [3.63, 3.8) is 0 Å². The number of carbonyl (C=O) groups is 2. The summed E-state index contributed by atoms with van der Waals surface area (Å²) in [6.45, 7) is 6.48. The summed E-state index contributed by atoms with van der Waals surface area (Å²) in [6.07, 6.45) is 3.89. The molecule has 0 aromatic heterocycles. The van der Waals surface area contributed by atoms with Gasteiger partial charge in [-0.15, -0.1) is 6.58 Å². The van der Waals surface area contributed by atoms with Crippen LogP contribution in [0.2, 0.25) is 10.0 Å². The van der Waals surface area contributed by atoms with E-state index in [-0.39, 0.29) is 5.70 Å². The fourth-order valence-electron chi connectivity index (χ4n) is 3.79. The molecule has 1 fully saturated rings. The molecule has 1 saturated heterocycles. The van der Waals surface area contributed by atoms with Gasteiger partial charge >= 0.3 is 6.03 Å². The van der Waals surface area contributed by atoms with Crippen molar-refractivity contribution in [2.24, 2.45) is 0 Å². The van der Waals surface area contributed by atoms with Crippen LogP contribution in [-0.4, -0.2) is 18.5 Å². The quantitative estimate of drug-likeness (QED) is 0.190. The number of urea groups is 1. The maximum absolute atomic E-state index is 13.1. The summed E-state index contributed by atoms with van der Waals surface area (Å²) in [5, 5.41) is 3.72. The number of carbonyl (C=O) groups excluding carboxylic acids is 2. The summed E-state index contributed by atoms with van der Waals surface area (Å²) in [4.78, 5) is 26.7. The lowest BCUT2D eigenvalue weighted by molar-refractivity contribution is -0.113. The molecule has 4 rings (SSSR count). The third kappa shape index (κ3) is 5.73. The van der Waals surface area contributed by atoms with Crippen molar-refractivity contribution in [1.29, 1.82) is 0 Å². The van der Waals surface area contributed by atoms with Crippen LogP contribution in [0.3, 0.4) is 0 Å². The first-order valence-electron chi connectivity index (χ1n) is 11.3. The van der Waals surface area contributed by atoms with E-state index in [2.05, 4.69) is 11.9 Å². The molecule has 1 aliphatic heterocycles. The highest BCUT2D eigenvalue weighted by molar-refractivity contribution is 6.32. The monoisotopic (exact) mass is 522 g/mol. The summed E-state index contributed by atoms with van der Waals surface area (Å²) in [6, 6.07) is 17.1. The Morgan fingerprint density at radius 1 is 1.00 bits per heavy atom. The topological polar surface area (TPSA) is 67.9 Å². The van der Waals surface area contributed by atoms with E-state index in [9.17, 15) is 9.59 Å². The Kier molecular flexibility index (Phi) is 7.98. The van der Waals surface area contributed by atoms with Crippen molar-refractivity contribution in [3.05, 3.63) is 106 Å². The van der Waals surface area contributed by atoms with Crippen molar-refractivity contribution >= 4 is 46.9 Å². The molecule has 3 aromatic carbocycles. The molecular formula is C28H24Cl2N2O4. The molecule has 3 aromatic rings. The van der Waals surface area contributed by atoms with Crippen molar-refractivity contribution in [3.8, 4) is 11.5 Å². The van der Waals surface area contributed by atoms with Crippen LogP contribution in [0.25, 0.3) is 6.08 Å². The molecule has 0 bridgehead atoms. The number of hydrogen-bond acceptors (Lipinski definition) is 4. The van der Waals surface area contributed by atoms with Crippen LogP contribution in [0.4, 0.5) is 10.5 Å². The Balaban J connectivity index is 1.66. The Bertz CT molecular complexity index is 1340. The number of allylic oxidation sites excluding steroid dienone is 1. The third-order valence-electron chi connectivity index (χ3n) is 5.37. The van der Waals surface area contributed by atoms with Gasteiger partial charge in [-0.3, -0.25) is 4.79 Å². The van der Waals surface area contributed by atoms with Crippen LogP contribution >= 0.6 is 23.2 Å². The van der Waals surface area contributed by atoms with Crippen molar-refractivity contribution < 1.29 is 19.1 Å². The SMILES string of the molecule is C=CCc1cc(/C=C2/NC(=O)N(c3cccc(Cl)c3)C2=O)cc(OCC)c1OCc1ccc(Cl)cc1. The summed E-state index contributed by atoms with van der Waals surface area (Å²) in [7, 11) is 0. The van der Waals surface area contributed by atoms with E-state index < -0.39 is 11.9 Å². The number of benzene rings is 3. The number of hydrogen-bond donors (Lipinski definition) is 1. The number of rotatable bonds is 9. The molecule has 3 amide bonds.